The molecule has 0 N–H and O–H groups in total. The molecule has 2 aliphatic carbocycles. The predicted molar refractivity (Wildman–Crippen MR) is 127 cm³/mol. The number of hydrogen-bond acceptors (Lipinski definition) is 8. The molecule has 1 heterocycles. The van der Waals surface area contributed by atoms with Gasteiger partial charge in [0.25, 0.3) is 0 Å². The average Bonchev–Trinajstić information content (AvgIpc) is 3.23. The summed E-state index contributed by atoms with van der Waals surface area (Å²) < 4.78 is 23.6. The van der Waals surface area contributed by atoms with E-state index in [-0.39, 0.29) is 18.3 Å². The van der Waals surface area contributed by atoms with Crippen molar-refractivity contribution in [1.29, 1.82) is 0 Å². The Hall–Kier alpha value is -2.90. The van der Waals surface area contributed by atoms with E-state index in [1.54, 1.807) is 53.7 Å². The number of rotatable bonds is 5. The SMILES string of the molecule is C/C=C(/C)C(=O)O[C@@H]1C=C(C)[C@H]2[C@@H]3OC(=O)[C@H](C)[C@@H]3[C@@H](OC(C)=O)C[C@](C)(OC(=O)/C(C)=C\C)[C@H]21. The Morgan fingerprint density at radius 2 is 1.66 bits per heavy atom. The maximum Gasteiger partial charge on any atom is 0.333 e. The second-order valence-corrected chi connectivity index (χ2v) is 10.1. The van der Waals surface area contributed by atoms with Gasteiger partial charge in [-0.15, -0.1) is 0 Å². The molecule has 0 aromatic heterocycles. The second-order valence-electron chi connectivity index (χ2n) is 10.1. The summed E-state index contributed by atoms with van der Waals surface area (Å²) in [6.45, 7) is 13.6. The van der Waals surface area contributed by atoms with Gasteiger partial charge < -0.3 is 18.9 Å². The fourth-order valence-corrected chi connectivity index (χ4v) is 5.73. The molecule has 1 saturated heterocycles. The molecule has 1 saturated carbocycles. The van der Waals surface area contributed by atoms with E-state index in [9.17, 15) is 19.2 Å². The topological polar surface area (TPSA) is 105 Å². The van der Waals surface area contributed by atoms with Crippen molar-refractivity contribution in [3.63, 3.8) is 0 Å². The van der Waals surface area contributed by atoms with Crippen LogP contribution in [-0.2, 0) is 38.1 Å². The molecule has 0 unspecified atom stereocenters. The summed E-state index contributed by atoms with van der Waals surface area (Å²) in [6.07, 6.45) is 3.25. The van der Waals surface area contributed by atoms with Gasteiger partial charge in [-0.3, -0.25) is 9.59 Å². The van der Waals surface area contributed by atoms with Gasteiger partial charge in [-0.05, 0) is 47.6 Å². The van der Waals surface area contributed by atoms with Crippen molar-refractivity contribution in [3.05, 3.63) is 34.9 Å². The average molecular weight is 489 g/mol. The van der Waals surface area contributed by atoms with E-state index in [0.29, 0.717) is 11.1 Å². The Morgan fingerprint density at radius 1 is 1.06 bits per heavy atom. The van der Waals surface area contributed by atoms with Crippen molar-refractivity contribution in [2.24, 2.45) is 23.7 Å². The second kappa shape index (κ2) is 9.99. The molecule has 0 radical (unpaired) electrons. The summed E-state index contributed by atoms with van der Waals surface area (Å²) in [5, 5.41) is 0. The number of ether oxygens (including phenoxy) is 4. The number of esters is 4. The quantitative estimate of drug-likeness (QED) is 0.249. The van der Waals surface area contributed by atoms with Crippen molar-refractivity contribution in [2.45, 2.75) is 85.7 Å². The highest BCUT2D eigenvalue weighted by Crippen LogP contribution is 2.55. The monoisotopic (exact) mass is 488 g/mol. The molecule has 8 heteroatoms. The van der Waals surface area contributed by atoms with Crippen LogP contribution >= 0.6 is 0 Å². The maximum atomic E-state index is 13.0. The van der Waals surface area contributed by atoms with Crippen LogP contribution in [0.1, 0.15) is 61.8 Å². The highest BCUT2D eigenvalue weighted by atomic mass is 16.6. The normalized spacial score (nSPS) is 36.9. The molecule has 8 nitrogen and oxygen atoms in total. The summed E-state index contributed by atoms with van der Waals surface area (Å²) in [5.74, 6) is -3.72. The van der Waals surface area contributed by atoms with Gasteiger partial charge in [0.15, 0.2) is 0 Å². The number of hydrogen-bond donors (Lipinski definition) is 0. The van der Waals surface area contributed by atoms with E-state index < -0.39 is 59.6 Å². The van der Waals surface area contributed by atoms with Crippen molar-refractivity contribution in [1.82, 2.24) is 0 Å². The van der Waals surface area contributed by atoms with Crippen molar-refractivity contribution < 1.29 is 38.1 Å². The molecule has 3 aliphatic rings. The van der Waals surface area contributed by atoms with E-state index in [1.165, 1.54) is 6.92 Å². The van der Waals surface area contributed by atoms with Gasteiger partial charge in [-0.2, -0.15) is 0 Å². The first-order valence-corrected chi connectivity index (χ1v) is 12.1. The van der Waals surface area contributed by atoms with Crippen molar-refractivity contribution in [2.75, 3.05) is 0 Å². The third kappa shape index (κ3) is 4.93. The molecular weight excluding hydrogens is 452 g/mol. The van der Waals surface area contributed by atoms with Crippen molar-refractivity contribution in [3.8, 4) is 0 Å². The molecule has 192 valence electrons. The highest BCUT2D eigenvalue weighted by molar-refractivity contribution is 5.88. The zero-order valence-corrected chi connectivity index (χ0v) is 21.7. The minimum atomic E-state index is -1.19. The molecular formula is C27H36O8. The minimum absolute atomic E-state index is 0.135. The largest absolute Gasteiger partial charge is 0.462 e. The third-order valence-electron chi connectivity index (χ3n) is 7.77. The van der Waals surface area contributed by atoms with Crippen LogP contribution in [0.4, 0.5) is 0 Å². The third-order valence-corrected chi connectivity index (χ3v) is 7.77. The molecule has 3 rings (SSSR count). The lowest BCUT2D eigenvalue weighted by atomic mass is 9.75. The highest BCUT2D eigenvalue weighted by Gasteiger charge is 2.64. The van der Waals surface area contributed by atoms with Gasteiger partial charge >= 0.3 is 23.9 Å². The van der Waals surface area contributed by atoms with Gasteiger partial charge in [0.2, 0.25) is 0 Å². The van der Waals surface area contributed by atoms with E-state index in [2.05, 4.69) is 0 Å². The molecule has 0 aromatic rings. The van der Waals surface area contributed by atoms with Crippen LogP contribution in [0.3, 0.4) is 0 Å². The molecule has 0 amide bonds. The Kier molecular flexibility index (Phi) is 7.62. The van der Waals surface area contributed by atoms with Crippen molar-refractivity contribution >= 4 is 23.9 Å². The van der Waals surface area contributed by atoms with E-state index in [0.717, 1.165) is 5.57 Å². The number of allylic oxidation sites excluding steroid dienone is 2. The van der Waals surface area contributed by atoms with Gasteiger partial charge in [0.05, 0.1) is 5.92 Å². The van der Waals surface area contributed by atoms with Crippen LogP contribution < -0.4 is 0 Å². The summed E-state index contributed by atoms with van der Waals surface area (Å²) in [6, 6.07) is 0. The molecule has 0 bridgehead atoms. The van der Waals surface area contributed by atoms with Crippen LogP contribution in [0.15, 0.2) is 34.9 Å². The van der Waals surface area contributed by atoms with Crippen LogP contribution in [0.25, 0.3) is 0 Å². The van der Waals surface area contributed by atoms with Crippen LogP contribution in [0.2, 0.25) is 0 Å². The van der Waals surface area contributed by atoms with E-state index in [1.807, 2.05) is 13.0 Å². The number of fused-ring (bicyclic) bond motifs is 3. The molecule has 1 aliphatic heterocycles. The predicted octanol–water partition coefficient (Wildman–Crippen LogP) is 3.84. The van der Waals surface area contributed by atoms with Crippen LogP contribution in [0, 0.1) is 23.7 Å². The fraction of sp³-hybridized carbons (Fsp3) is 0.630. The fourth-order valence-electron chi connectivity index (χ4n) is 5.73. The number of carbonyl (C=O) groups excluding carboxylic acids is 4. The molecule has 8 atom stereocenters. The summed E-state index contributed by atoms with van der Waals surface area (Å²) in [4.78, 5) is 50.5. The van der Waals surface area contributed by atoms with Gasteiger partial charge in [-0.1, -0.05) is 24.6 Å². The van der Waals surface area contributed by atoms with Gasteiger partial charge in [0.1, 0.15) is 23.9 Å². The zero-order valence-electron chi connectivity index (χ0n) is 21.7. The molecule has 0 aromatic carbocycles. The Morgan fingerprint density at radius 3 is 2.23 bits per heavy atom. The van der Waals surface area contributed by atoms with Crippen LogP contribution in [-0.4, -0.2) is 47.8 Å². The first kappa shape index (κ1) is 26.7. The lowest BCUT2D eigenvalue weighted by molar-refractivity contribution is -0.177. The first-order chi connectivity index (χ1) is 16.3. The smallest absolute Gasteiger partial charge is 0.333 e. The molecule has 2 fully saturated rings. The summed E-state index contributed by atoms with van der Waals surface area (Å²) >= 11 is 0. The number of carbonyl (C=O) groups is 4. The Balaban J connectivity index is 2.14. The Bertz CT molecular complexity index is 1000. The standard InChI is InChI=1S/C27H36O8/c1-9-13(3)24(29)33-18-11-15(5)20-22(18)27(8,35-25(30)14(4)10-2)12-19(32-17(7)28)21-16(6)26(31)34-23(20)21/h9-11,16,18-23H,12H2,1-8H3/b13-9-,14-10-/t16-,18-,19+,20-,21-,22+,23+,27+/m1/s1. The molecule has 35 heavy (non-hydrogen) atoms. The Labute approximate surface area is 206 Å². The summed E-state index contributed by atoms with van der Waals surface area (Å²) in [7, 11) is 0. The zero-order chi connectivity index (χ0) is 26.2. The van der Waals surface area contributed by atoms with Gasteiger partial charge in [-0.25, -0.2) is 9.59 Å². The first-order valence-electron chi connectivity index (χ1n) is 12.1. The van der Waals surface area contributed by atoms with Crippen LogP contribution in [0.5, 0.6) is 0 Å². The lowest BCUT2D eigenvalue weighted by Crippen LogP contribution is -2.49. The molecule has 0 spiro atoms. The van der Waals surface area contributed by atoms with E-state index in [4.69, 9.17) is 18.9 Å². The lowest BCUT2D eigenvalue weighted by Gasteiger charge is -2.41. The van der Waals surface area contributed by atoms with Gasteiger partial charge in [0, 0.05) is 42.2 Å². The summed E-state index contributed by atoms with van der Waals surface area (Å²) in [5.41, 5.74) is 0.563. The minimum Gasteiger partial charge on any atom is -0.462 e. The maximum absolute atomic E-state index is 13.0. The van der Waals surface area contributed by atoms with E-state index >= 15 is 0 Å².